The summed E-state index contributed by atoms with van der Waals surface area (Å²) in [6.45, 7) is 7.55. The van der Waals surface area contributed by atoms with E-state index in [4.69, 9.17) is 0 Å². The molecule has 2 N–H and O–H groups in total. The van der Waals surface area contributed by atoms with Crippen molar-refractivity contribution in [2.45, 2.75) is 32.2 Å². The number of hydrogen-bond donors (Lipinski definition) is 2. The van der Waals surface area contributed by atoms with Crippen LogP contribution in [0.25, 0.3) is 0 Å². The highest BCUT2D eigenvalue weighted by Gasteiger charge is 2.20. The maximum atomic E-state index is 11.3. The maximum absolute atomic E-state index is 11.3. The molecule has 1 unspecified atom stereocenters. The standard InChI is InChI=1S/C10H18N2O/c1-3-8(2)7-12-9-5-4-6-11-10(9)13/h9,12H,2-7H2,1H3,(H,11,13). The highest BCUT2D eigenvalue weighted by Crippen LogP contribution is 2.03. The molecule has 74 valence electrons. The van der Waals surface area contributed by atoms with Gasteiger partial charge in [-0.2, -0.15) is 0 Å². The molecule has 1 aliphatic heterocycles. The van der Waals surface area contributed by atoms with E-state index in [1.54, 1.807) is 0 Å². The summed E-state index contributed by atoms with van der Waals surface area (Å²) >= 11 is 0. The molecular weight excluding hydrogens is 164 g/mol. The van der Waals surface area contributed by atoms with Crippen LogP contribution >= 0.6 is 0 Å². The van der Waals surface area contributed by atoms with Gasteiger partial charge in [0.2, 0.25) is 5.91 Å². The minimum Gasteiger partial charge on any atom is -0.355 e. The summed E-state index contributed by atoms with van der Waals surface area (Å²) in [7, 11) is 0. The molecule has 0 aromatic rings. The number of amides is 1. The minimum absolute atomic E-state index is 0.00273. The van der Waals surface area contributed by atoms with Crippen molar-refractivity contribution in [3.63, 3.8) is 0 Å². The molecule has 1 amide bonds. The molecule has 0 radical (unpaired) electrons. The van der Waals surface area contributed by atoms with E-state index in [9.17, 15) is 4.79 Å². The largest absolute Gasteiger partial charge is 0.355 e. The van der Waals surface area contributed by atoms with Crippen LogP contribution in [0.3, 0.4) is 0 Å². The maximum Gasteiger partial charge on any atom is 0.237 e. The summed E-state index contributed by atoms with van der Waals surface area (Å²) in [6, 6.07) is -0.00273. The van der Waals surface area contributed by atoms with Crippen molar-refractivity contribution < 1.29 is 4.79 Å². The molecular formula is C10H18N2O. The average Bonchev–Trinajstić information content (AvgIpc) is 2.16. The lowest BCUT2D eigenvalue weighted by Gasteiger charge is -2.23. The fourth-order valence-corrected chi connectivity index (χ4v) is 1.36. The molecule has 0 spiro atoms. The fraction of sp³-hybridized carbons (Fsp3) is 0.700. The summed E-state index contributed by atoms with van der Waals surface area (Å²) in [5.41, 5.74) is 1.15. The zero-order valence-electron chi connectivity index (χ0n) is 8.23. The van der Waals surface area contributed by atoms with Crippen LogP contribution in [0.5, 0.6) is 0 Å². The monoisotopic (exact) mass is 182 g/mol. The van der Waals surface area contributed by atoms with Crippen molar-refractivity contribution in [3.8, 4) is 0 Å². The first-order valence-corrected chi connectivity index (χ1v) is 4.91. The van der Waals surface area contributed by atoms with E-state index in [0.29, 0.717) is 0 Å². The normalized spacial score (nSPS) is 22.5. The van der Waals surface area contributed by atoms with Gasteiger partial charge < -0.3 is 10.6 Å². The van der Waals surface area contributed by atoms with Crippen LogP contribution in [-0.2, 0) is 4.79 Å². The second kappa shape index (κ2) is 5.02. The van der Waals surface area contributed by atoms with Crippen molar-refractivity contribution in [1.82, 2.24) is 10.6 Å². The lowest BCUT2D eigenvalue weighted by atomic mass is 10.1. The van der Waals surface area contributed by atoms with Gasteiger partial charge in [-0.25, -0.2) is 0 Å². The van der Waals surface area contributed by atoms with Crippen molar-refractivity contribution in [2.75, 3.05) is 13.1 Å². The Morgan fingerprint density at radius 1 is 1.77 bits per heavy atom. The molecule has 3 nitrogen and oxygen atoms in total. The number of rotatable bonds is 4. The van der Waals surface area contributed by atoms with Crippen LogP contribution in [0.2, 0.25) is 0 Å². The fourth-order valence-electron chi connectivity index (χ4n) is 1.36. The topological polar surface area (TPSA) is 41.1 Å². The van der Waals surface area contributed by atoms with Gasteiger partial charge in [0.25, 0.3) is 0 Å². The smallest absolute Gasteiger partial charge is 0.237 e. The van der Waals surface area contributed by atoms with Crippen LogP contribution in [-0.4, -0.2) is 25.0 Å². The van der Waals surface area contributed by atoms with Gasteiger partial charge in [-0.15, -0.1) is 0 Å². The van der Waals surface area contributed by atoms with Gasteiger partial charge in [-0.3, -0.25) is 4.79 Å². The molecule has 1 heterocycles. The molecule has 13 heavy (non-hydrogen) atoms. The van der Waals surface area contributed by atoms with E-state index in [1.807, 2.05) is 0 Å². The Kier molecular flexibility index (Phi) is 3.96. The molecule has 1 aliphatic rings. The number of nitrogens with one attached hydrogen (secondary N) is 2. The van der Waals surface area contributed by atoms with Gasteiger partial charge >= 0.3 is 0 Å². The Morgan fingerprint density at radius 2 is 2.54 bits per heavy atom. The number of piperidine rings is 1. The molecule has 0 aliphatic carbocycles. The van der Waals surface area contributed by atoms with Crippen molar-refractivity contribution in [3.05, 3.63) is 12.2 Å². The first kappa shape index (κ1) is 10.3. The van der Waals surface area contributed by atoms with Crippen LogP contribution in [0.1, 0.15) is 26.2 Å². The van der Waals surface area contributed by atoms with Gasteiger partial charge in [0.15, 0.2) is 0 Å². The van der Waals surface area contributed by atoms with Gasteiger partial charge in [-0.05, 0) is 19.3 Å². The molecule has 0 aromatic carbocycles. The summed E-state index contributed by atoms with van der Waals surface area (Å²) in [6.07, 6.45) is 2.99. The van der Waals surface area contributed by atoms with Crippen LogP contribution in [0, 0.1) is 0 Å². The number of carbonyl (C=O) groups excluding carboxylic acids is 1. The third-order valence-corrected chi connectivity index (χ3v) is 2.38. The Bertz CT molecular complexity index is 201. The highest BCUT2D eigenvalue weighted by molar-refractivity contribution is 5.82. The third-order valence-electron chi connectivity index (χ3n) is 2.38. The Balaban J connectivity index is 2.26. The predicted molar refractivity (Wildman–Crippen MR) is 53.5 cm³/mol. The molecule has 0 aromatic heterocycles. The van der Waals surface area contributed by atoms with E-state index in [0.717, 1.165) is 37.9 Å². The van der Waals surface area contributed by atoms with Gasteiger partial charge in [0, 0.05) is 13.1 Å². The minimum atomic E-state index is -0.00273. The Labute approximate surface area is 79.6 Å². The van der Waals surface area contributed by atoms with E-state index in [1.165, 1.54) is 0 Å². The lowest BCUT2D eigenvalue weighted by Crippen LogP contribution is -2.48. The molecule has 1 saturated heterocycles. The first-order valence-electron chi connectivity index (χ1n) is 4.91. The van der Waals surface area contributed by atoms with E-state index >= 15 is 0 Å². The second-order valence-corrected chi connectivity index (χ2v) is 3.47. The summed E-state index contributed by atoms with van der Waals surface area (Å²) in [4.78, 5) is 11.3. The highest BCUT2D eigenvalue weighted by atomic mass is 16.2. The Morgan fingerprint density at radius 3 is 3.15 bits per heavy atom. The zero-order chi connectivity index (χ0) is 9.68. The van der Waals surface area contributed by atoms with Crippen molar-refractivity contribution in [1.29, 1.82) is 0 Å². The lowest BCUT2D eigenvalue weighted by molar-refractivity contribution is -0.124. The molecule has 0 saturated carbocycles. The van der Waals surface area contributed by atoms with E-state index < -0.39 is 0 Å². The third kappa shape index (κ3) is 3.19. The van der Waals surface area contributed by atoms with Crippen molar-refractivity contribution in [2.24, 2.45) is 0 Å². The van der Waals surface area contributed by atoms with Gasteiger partial charge in [0.1, 0.15) is 0 Å². The molecule has 3 heteroatoms. The molecule has 0 bridgehead atoms. The van der Waals surface area contributed by atoms with Crippen LogP contribution in [0.15, 0.2) is 12.2 Å². The molecule has 1 rings (SSSR count). The van der Waals surface area contributed by atoms with Crippen molar-refractivity contribution >= 4 is 5.91 Å². The number of carbonyl (C=O) groups is 1. The molecule has 1 atom stereocenters. The van der Waals surface area contributed by atoms with Gasteiger partial charge in [-0.1, -0.05) is 19.1 Å². The number of hydrogen-bond acceptors (Lipinski definition) is 2. The quantitative estimate of drug-likeness (QED) is 0.632. The summed E-state index contributed by atoms with van der Waals surface area (Å²) in [5, 5.41) is 6.05. The van der Waals surface area contributed by atoms with E-state index in [-0.39, 0.29) is 11.9 Å². The van der Waals surface area contributed by atoms with Gasteiger partial charge in [0.05, 0.1) is 6.04 Å². The molecule has 1 fully saturated rings. The average molecular weight is 182 g/mol. The van der Waals surface area contributed by atoms with E-state index in [2.05, 4.69) is 24.1 Å². The first-order chi connectivity index (χ1) is 6.24. The second-order valence-electron chi connectivity index (χ2n) is 3.47. The predicted octanol–water partition coefficient (Wildman–Crippen LogP) is 0.821. The summed E-state index contributed by atoms with van der Waals surface area (Å²) in [5.74, 6) is 0.134. The van der Waals surface area contributed by atoms with Crippen LogP contribution < -0.4 is 10.6 Å². The van der Waals surface area contributed by atoms with Crippen LogP contribution in [0.4, 0.5) is 0 Å². The Hall–Kier alpha value is -0.830. The summed E-state index contributed by atoms with van der Waals surface area (Å²) < 4.78 is 0. The SMILES string of the molecule is C=C(CC)CNC1CCCNC1=O. The zero-order valence-corrected chi connectivity index (χ0v) is 8.23.